The average Bonchev–Trinajstić information content (AvgIpc) is 2.98. The first-order valence-corrected chi connectivity index (χ1v) is 7.78. The molecule has 5 heteroatoms. The van der Waals surface area contributed by atoms with E-state index in [1.807, 2.05) is 55.5 Å². The minimum Gasteiger partial charge on any atom is -0.437 e. The number of fused-ring (bicyclic) bond motifs is 1. The number of hydrogen-bond acceptors (Lipinski definition) is 4. The maximum atomic E-state index is 6.03. The van der Waals surface area contributed by atoms with Gasteiger partial charge in [-0.05, 0) is 30.2 Å². The van der Waals surface area contributed by atoms with Gasteiger partial charge in [-0.25, -0.2) is 0 Å². The highest BCUT2D eigenvalue weighted by molar-refractivity contribution is 5.41. The van der Waals surface area contributed by atoms with Gasteiger partial charge in [-0.15, -0.1) is 15.3 Å². The van der Waals surface area contributed by atoms with Crippen molar-refractivity contribution in [3.05, 3.63) is 83.7 Å². The molecule has 0 aliphatic heterocycles. The van der Waals surface area contributed by atoms with E-state index in [9.17, 15) is 0 Å². The van der Waals surface area contributed by atoms with Crippen LogP contribution in [0.4, 0.5) is 0 Å². The summed E-state index contributed by atoms with van der Waals surface area (Å²) in [5, 5.41) is 12.5. The van der Waals surface area contributed by atoms with Gasteiger partial charge >= 0.3 is 0 Å². The fourth-order valence-electron chi connectivity index (χ4n) is 2.61. The van der Waals surface area contributed by atoms with Gasteiger partial charge in [0.05, 0.1) is 0 Å². The van der Waals surface area contributed by atoms with E-state index in [1.165, 1.54) is 5.56 Å². The number of hydrogen-bond donors (Lipinski definition) is 0. The van der Waals surface area contributed by atoms with Crippen molar-refractivity contribution in [2.45, 2.75) is 13.3 Å². The first-order chi connectivity index (χ1) is 11.8. The molecule has 0 atom stereocenters. The molecule has 5 nitrogen and oxygen atoms in total. The Labute approximate surface area is 139 Å². The van der Waals surface area contributed by atoms with Gasteiger partial charge in [-0.3, -0.25) is 0 Å². The Kier molecular flexibility index (Phi) is 3.67. The molecule has 2 aromatic carbocycles. The van der Waals surface area contributed by atoms with Crippen LogP contribution in [0.25, 0.3) is 5.65 Å². The molecule has 118 valence electrons. The Hall–Kier alpha value is -3.21. The summed E-state index contributed by atoms with van der Waals surface area (Å²) in [5.41, 5.74) is 3.06. The zero-order valence-electron chi connectivity index (χ0n) is 13.3. The Morgan fingerprint density at radius 3 is 2.54 bits per heavy atom. The third kappa shape index (κ3) is 2.84. The zero-order chi connectivity index (χ0) is 16.4. The molecule has 0 N–H and O–H groups in total. The first-order valence-electron chi connectivity index (χ1n) is 7.78. The summed E-state index contributed by atoms with van der Waals surface area (Å²) in [5.74, 6) is 2.05. The van der Waals surface area contributed by atoms with Crippen LogP contribution in [0.2, 0.25) is 0 Å². The van der Waals surface area contributed by atoms with Crippen LogP contribution in [0.15, 0.2) is 66.7 Å². The number of nitrogens with zero attached hydrogens (tertiary/aromatic N) is 4. The minimum absolute atomic E-state index is 0.519. The Balaban J connectivity index is 1.65. The summed E-state index contributed by atoms with van der Waals surface area (Å²) in [4.78, 5) is 0. The van der Waals surface area contributed by atoms with Crippen molar-refractivity contribution in [3.8, 4) is 11.6 Å². The predicted octanol–water partition coefficient (Wildman–Crippen LogP) is 3.82. The molecule has 0 unspecified atom stereocenters. The van der Waals surface area contributed by atoms with Gasteiger partial charge in [-0.1, -0.05) is 48.5 Å². The molecule has 4 rings (SSSR count). The van der Waals surface area contributed by atoms with E-state index >= 15 is 0 Å². The summed E-state index contributed by atoms with van der Waals surface area (Å²) in [6, 6.07) is 22.0. The van der Waals surface area contributed by atoms with E-state index in [0.29, 0.717) is 11.5 Å². The average molecular weight is 316 g/mol. The molecule has 24 heavy (non-hydrogen) atoms. The van der Waals surface area contributed by atoms with Gasteiger partial charge < -0.3 is 4.74 Å². The van der Waals surface area contributed by atoms with E-state index in [2.05, 4.69) is 33.5 Å². The maximum Gasteiger partial charge on any atom is 0.237 e. The number of aromatic nitrogens is 4. The quantitative estimate of drug-likeness (QED) is 0.574. The number of benzene rings is 2. The molecular weight excluding hydrogens is 300 g/mol. The fraction of sp³-hybridized carbons (Fsp3) is 0.105. The van der Waals surface area contributed by atoms with Crippen LogP contribution in [-0.2, 0) is 6.42 Å². The standard InChI is InChI=1S/C19H16N4O/c1-14-20-21-18-11-12-19(22-23(14)18)24-17-10-6-5-9-16(17)13-15-7-3-2-4-8-15/h2-12H,13H2,1H3. The van der Waals surface area contributed by atoms with Crippen LogP contribution in [0.1, 0.15) is 17.0 Å². The minimum atomic E-state index is 0.519. The van der Waals surface area contributed by atoms with Crippen molar-refractivity contribution in [1.82, 2.24) is 19.8 Å². The lowest BCUT2D eigenvalue weighted by Crippen LogP contribution is -1.99. The smallest absolute Gasteiger partial charge is 0.237 e. The van der Waals surface area contributed by atoms with Gasteiger partial charge in [0.1, 0.15) is 5.75 Å². The van der Waals surface area contributed by atoms with E-state index < -0.39 is 0 Å². The van der Waals surface area contributed by atoms with Crippen LogP contribution in [0.3, 0.4) is 0 Å². The molecule has 0 saturated heterocycles. The summed E-state index contributed by atoms with van der Waals surface area (Å²) < 4.78 is 7.70. The SMILES string of the molecule is Cc1nnc2ccc(Oc3ccccc3Cc3ccccc3)nn12. The highest BCUT2D eigenvalue weighted by Gasteiger charge is 2.08. The van der Waals surface area contributed by atoms with Crippen LogP contribution in [0.5, 0.6) is 11.6 Å². The molecule has 2 aromatic heterocycles. The normalized spacial score (nSPS) is 10.9. The summed E-state index contributed by atoms with van der Waals surface area (Å²) in [6.07, 6.45) is 0.810. The molecule has 2 heterocycles. The molecular formula is C19H16N4O. The first kappa shape index (κ1) is 14.4. The van der Waals surface area contributed by atoms with Crippen molar-refractivity contribution >= 4 is 5.65 Å². The second kappa shape index (κ2) is 6.12. The third-order valence-corrected chi connectivity index (χ3v) is 3.82. The topological polar surface area (TPSA) is 52.3 Å². The molecule has 0 aliphatic carbocycles. The molecule has 0 radical (unpaired) electrons. The number of ether oxygens (including phenoxy) is 1. The molecule has 0 bridgehead atoms. The lowest BCUT2D eigenvalue weighted by molar-refractivity contribution is 0.447. The van der Waals surface area contributed by atoms with Gasteiger partial charge in [0.25, 0.3) is 0 Å². The molecule has 0 saturated carbocycles. The summed E-state index contributed by atoms with van der Waals surface area (Å²) in [6.45, 7) is 1.86. The summed E-state index contributed by atoms with van der Waals surface area (Å²) >= 11 is 0. The lowest BCUT2D eigenvalue weighted by Gasteiger charge is -2.10. The van der Waals surface area contributed by atoms with Crippen LogP contribution >= 0.6 is 0 Å². The highest BCUT2D eigenvalue weighted by atomic mass is 16.5. The Morgan fingerprint density at radius 2 is 1.67 bits per heavy atom. The van der Waals surface area contributed by atoms with Gasteiger partial charge in [0, 0.05) is 12.5 Å². The van der Waals surface area contributed by atoms with Crippen molar-refractivity contribution in [3.63, 3.8) is 0 Å². The predicted molar refractivity (Wildman–Crippen MR) is 91.3 cm³/mol. The van der Waals surface area contributed by atoms with E-state index in [4.69, 9.17) is 4.74 Å². The fourth-order valence-corrected chi connectivity index (χ4v) is 2.61. The molecule has 0 spiro atoms. The van der Waals surface area contributed by atoms with Crippen molar-refractivity contribution in [2.24, 2.45) is 0 Å². The third-order valence-electron chi connectivity index (χ3n) is 3.82. The van der Waals surface area contributed by atoms with Gasteiger partial charge in [0.2, 0.25) is 5.88 Å². The lowest BCUT2D eigenvalue weighted by atomic mass is 10.0. The summed E-state index contributed by atoms with van der Waals surface area (Å²) in [7, 11) is 0. The Morgan fingerprint density at radius 1 is 0.875 bits per heavy atom. The molecule has 4 aromatic rings. The number of aryl methyl sites for hydroxylation is 1. The Bertz CT molecular complexity index is 979. The number of rotatable bonds is 4. The molecule has 0 aliphatic rings. The zero-order valence-corrected chi connectivity index (χ0v) is 13.3. The molecule has 0 fully saturated rings. The van der Waals surface area contributed by atoms with Crippen LogP contribution < -0.4 is 4.74 Å². The van der Waals surface area contributed by atoms with Crippen molar-refractivity contribution in [1.29, 1.82) is 0 Å². The second-order valence-corrected chi connectivity index (χ2v) is 5.56. The monoisotopic (exact) mass is 316 g/mol. The largest absolute Gasteiger partial charge is 0.437 e. The van der Waals surface area contributed by atoms with Crippen molar-refractivity contribution in [2.75, 3.05) is 0 Å². The molecule has 0 amide bonds. The number of para-hydroxylation sites is 1. The van der Waals surface area contributed by atoms with Gasteiger partial charge in [-0.2, -0.15) is 4.52 Å². The van der Waals surface area contributed by atoms with E-state index in [-0.39, 0.29) is 0 Å². The second-order valence-electron chi connectivity index (χ2n) is 5.56. The maximum absolute atomic E-state index is 6.03. The highest BCUT2D eigenvalue weighted by Crippen LogP contribution is 2.26. The van der Waals surface area contributed by atoms with Crippen molar-refractivity contribution < 1.29 is 4.74 Å². The van der Waals surface area contributed by atoms with Gasteiger partial charge in [0.15, 0.2) is 11.5 Å². The van der Waals surface area contributed by atoms with Crippen LogP contribution in [-0.4, -0.2) is 19.8 Å². The van der Waals surface area contributed by atoms with Crippen LogP contribution in [0, 0.1) is 6.92 Å². The van der Waals surface area contributed by atoms with E-state index in [1.54, 1.807) is 4.52 Å². The van der Waals surface area contributed by atoms with E-state index in [0.717, 1.165) is 23.6 Å².